The number of anilines is 1. The highest BCUT2D eigenvalue weighted by atomic mass is 16.5. The first kappa shape index (κ1) is 23.1. The summed E-state index contributed by atoms with van der Waals surface area (Å²) in [7, 11) is 1.56. The van der Waals surface area contributed by atoms with E-state index in [4.69, 9.17) is 9.47 Å². The van der Waals surface area contributed by atoms with Crippen LogP contribution in [0.4, 0.5) is 5.69 Å². The minimum atomic E-state index is -0.816. The van der Waals surface area contributed by atoms with E-state index >= 15 is 0 Å². The van der Waals surface area contributed by atoms with Crippen LogP contribution in [0.1, 0.15) is 35.2 Å². The number of ketones is 1. The van der Waals surface area contributed by atoms with Crippen molar-refractivity contribution in [3.8, 4) is 11.5 Å². The number of methoxy groups -OCH3 is 1. The van der Waals surface area contributed by atoms with Gasteiger partial charge < -0.3 is 14.6 Å². The van der Waals surface area contributed by atoms with E-state index in [9.17, 15) is 14.7 Å². The molecule has 34 heavy (non-hydrogen) atoms. The van der Waals surface area contributed by atoms with Crippen LogP contribution in [-0.4, -0.2) is 30.5 Å². The van der Waals surface area contributed by atoms with Gasteiger partial charge in [0.05, 0.1) is 25.3 Å². The third kappa shape index (κ3) is 4.15. The van der Waals surface area contributed by atoms with Crippen molar-refractivity contribution in [3.63, 3.8) is 0 Å². The average molecular weight is 458 g/mol. The van der Waals surface area contributed by atoms with Gasteiger partial charge in [-0.3, -0.25) is 14.5 Å². The molecular weight excluding hydrogens is 430 g/mol. The maximum Gasteiger partial charge on any atom is 0.300 e. The van der Waals surface area contributed by atoms with Crippen molar-refractivity contribution in [2.75, 3.05) is 18.6 Å². The molecule has 3 aromatic rings. The summed E-state index contributed by atoms with van der Waals surface area (Å²) < 4.78 is 10.9. The van der Waals surface area contributed by atoms with E-state index < -0.39 is 17.7 Å². The summed E-state index contributed by atoms with van der Waals surface area (Å²) in [6.45, 7) is 6.11. The van der Waals surface area contributed by atoms with Gasteiger partial charge >= 0.3 is 0 Å². The molecule has 1 amide bonds. The second kappa shape index (κ2) is 9.43. The molecular formula is C28H27NO5. The highest BCUT2D eigenvalue weighted by molar-refractivity contribution is 6.51. The molecule has 0 bridgehead atoms. The Bertz CT molecular complexity index is 1290. The summed E-state index contributed by atoms with van der Waals surface area (Å²) in [6.07, 6.45) is 0. The number of hydrogen-bond donors (Lipinski definition) is 1. The average Bonchev–Trinajstić information content (AvgIpc) is 3.09. The molecule has 6 nitrogen and oxygen atoms in total. The molecule has 3 aromatic carbocycles. The fourth-order valence-electron chi connectivity index (χ4n) is 4.31. The zero-order valence-electron chi connectivity index (χ0n) is 19.7. The normalized spacial score (nSPS) is 17.2. The molecule has 0 aromatic heterocycles. The molecule has 0 saturated carbocycles. The third-order valence-corrected chi connectivity index (χ3v) is 5.90. The molecule has 1 aliphatic heterocycles. The Morgan fingerprint density at radius 2 is 1.74 bits per heavy atom. The summed E-state index contributed by atoms with van der Waals surface area (Å²) >= 11 is 0. The van der Waals surface area contributed by atoms with Crippen molar-refractivity contribution in [1.82, 2.24) is 0 Å². The summed E-state index contributed by atoms with van der Waals surface area (Å²) in [5.74, 6) is -0.391. The van der Waals surface area contributed by atoms with Crippen LogP contribution in [0, 0.1) is 13.8 Å². The van der Waals surface area contributed by atoms with Gasteiger partial charge in [-0.15, -0.1) is 0 Å². The van der Waals surface area contributed by atoms with Gasteiger partial charge in [-0.2, -0.15) is 0 Å². The number of carbonyl (C=O) groups excluding carboxylic acids is 2. The number of hydrogen-bond acceptors (Lipinski definition) is 5. The molecule has 1 saturated heterocycles. The maximum absolute atomic E-state index is 13.4. The molecule has 1 fully saturated rings. The summed E-state index contributed by atoms with van der Waals surface area (Å²) in [5.41, 5.74) is 3.42. The zero-order valence-corrected chi connectivity index (χ0v) is 19.7. The molecule has 1 unspecified atom stereocenters. The number of aliphatic hydroxyl groups is 1. The largest absolute Gasteiger partial charge is 0.507 e. The number of carbonyl (C=O) groups is 2. The van der Waals surface area contributed by atoms with E-state index in [1.807, 2.05) is 57.2 Å². The third-order valence-electron chi connectivity index (χ3n) is 5.90. The van der Waals surface area contributed by atoms with E-state index in [2.05, 4.69) is 0 Å². The first-order valence-corrected chi connectivity index (χ1v) is 11.1. The minimum absolute atomic E-state index is 0.0356. The zero-order chi connectivity index (χ0) is 24.4. The van der Waals surface area contributed by atoms with E-state index in [0.29, 0.717) is 34.9 Å². The van der Waals surface area contributed by atoms with Crippen LogP contribution < -0.4 is 14.4 Å². The van der Waals surface area contributed by atoms with Crippen molar-refractivity contribution in [1.29, 1.82) is 0 Å². The standard InChI is InChI=1S/C28H27NO5/c1-5-34-22-11-7-9-19(16-22)25-24(26(30)23-13-12-21(33-4)15-18(23)3)27(31)28(32)29(25)20-10-6-8-17(2)14-20/h6-16,25,30H,5H2,1-4H3/b26-24+. The topological polar surface area (TPSA) is 76.1 Å². The van der Waals surface area contributed by atoms with Crippen LogP contribution in [0.2, 0.25) is 0 Å². The lowest BCUT2D eigenvalue weighted by molar-refractivity contribution is -0.132. The molecule has 6 heteroatoms. The Kier molecular flexibility index (Phi) is 6.41. The summed E-state index contributed by atoms with van der Waals surface area (Å²) in [6, 6.07) is 19.0. The lowest BCUT2D eigenvalue weighted by Gasteiger charge is -2.26. The molecule has 1 aliphatic rings. The Morgan fingerprint density at radius 3 is 2.41 bits per heavy atom. The van der Waals surface area contributed by atoms with Crippen LogP contribution in [0.3, 0.4) is 0 Å². The van der Waals surface area contributed by atoms with Gasteiger partial charge in [-0.05, 0) is 79.9 Å². The first-order chi connectivity index (χ1) is 16.3. The molecule has 1 heterocycles. The number of aryl methyl sites for hydroxylation is 2. The molecule has 4 rings (SSSR count). The van der Waals surface area contributed by atoms with Crippen molar-refractivity contribution >= 4 is 23.1 Å². The van der Waals surface area contributed by atoms with Gasteiger partial charge in [0.2, 0.25) is 0 Å². The number of aliphatic hydroxyl groups excluding tert-OH is 1. The Balaban J connectivity index is 1.96. The van der Waals surface area contributed by atoms with Crippen molar-refractivity contribution in [2.45, 2.75) is 26.8 Å². The first-order valence-electron chi connectivity index (χ1n) is 11.1. The van der Waals surface area contributed by atoms with E-state index in [1.54, 1.807) is 37.4 Å². The smallest absolute Gasteiger partial charge is 0.300 e. The molecule has 0 spiro atoms. The fraction of sp³-hybridized carbons (Fsp3) is 0.214. The van der Waals surface area contributed by atoms with Crippen LogP contribution >= 0.6 is 0 Å². The lowest BCUT2D eigenvalue weighted by Crippen LogP contribution is -2.29. The number of ether oxygens (including phenoxy) is 2. The predicted molar refractivity (Wildman–Crippen MR) is 131 cm³/mol. The quantitative estimate of drug-likeness (QED) is 0.307. The minimum Gasteiger partial charge on any atom is -0.507 e. The van der Waals surface area contributed by atoms with E-state index in [0.717, 1.165) is 11.1 Å². The van der Waals surface area contributed by atoms with Crippen LogP contribution in [0.5, 0.6) is 11.5 Å². The Hall–Kier alpha value is -4.06. The Labute approximate surface area is 199 Å². The molecule has 174 valence electrons. The second-order valence-electron chi connectivity index (χ2n) is 8.19. The predicted octanol–water partition coefficient (Wildman–Crippen LogP) is 5.34. The number of benzene rings is 3. The van der Waals surface area contributed by atoms with Crippen LogP contribution in [0.15, 0.2) is 72.3 Å². The van der Waals surface area contributed by atoms with Gasteiger partial charge in [-0.1, -0.05) is 24.3 Å². The lowest BCUT2D eigenvalue weighted by atomic mass is 9.93. The maximum atomic E-state index is 13.4. The van der Waals surface area contributed by atoms with Crippen LogP contribution in [0.25, 0.3) is 5.76 Å². The van der Waals surface area contributed by atoms with E-state index in [-0.39, 0.29) is 11.3 Å². The highest BCUT2D eigenvalue weighted by Gasteiger charge is 2.47. The van der Waals surface area contributed by atoms with E-state index in [1.165, 1.54) is 4.90 Å². The van der Waals surface area contributed by atoms with Gasteiger partial charge in [0.1, 0.15) is 17.3 Å². The number of amides is 1. The molecule has 0 radical (unpaired) electrons. The number of rotatable bonds is 6. The molecule has 1 atom stereocenters. The second-order valence-corrected chi connectivity index (χ2v) is 8.19. The highest BCUT2D eigenvalue weighted by Crippen LogP contribution is 2.43. The van der Waals surface area contributed by atoms with Crippen molar-refractivity contribution in [3.05, 3.63) is 94.6 Å². The van der Waals surface area contributed by atoms with Crippen LogP contribution in [-0.2, 0) is 9.59 Å². The SMILES string of the molecule is CCOc1cccc(C2/C(=C(\O)c3ccc(OC)cc3C)C(=O)C(=O)N2c2cccc(C)c2)c1. The monoisotopic (exact) mass is 457 g/mol. The Morgan fingerprint density at radius 1 is 0.971 bits per heavy atom. The molecule has 0 aliphatic carbocycles. The van der Waals surface area contributed by atoms with Gasteiger partial charge in [0, 0.05) is 11.3 Å². The molecule has 1 N–H and O–H groups in total. The summed E-state index contributed by atoms with van der Waals surface area (Å²) in [5, 5.41) is 11.4. The van der Waals surface area contributed by atoms with Crippen molar-refractivity contribution < 1.29 is 24.2 Å². The number of Topliss-reactive ketones (excluding diaryl/α,β-unsaturated/α-hetero) is 1. The number of nitrogens with zero attached hydrogens (tertiary/aromatic N) is 1. The van der Waals surface area contributed by atoms with Gasteiger partial charge in [0.15, 0.2) is 0 Å². The van der Waals surface area contributed by atoms with Crippen molar-refractivity contribution in [2.24, 2.45) is 0 Å². The summed E-state index contributed by atoms with van der Waals surface area (Å²) in [4.78, 5) is 28.1. The van der Waals surface area contributed by atoms with Gasteiger partial charge in [-0.25, -0.2) is 0 Å². The van der Waals surface area contributed by atoms with Gasteiger partial charge in [0.25, 0.3) is 11.7 Å². The fourth-order valence-corrected chi connectivity index (χ4v) is 4.31.